The molecule has 0 radical (unpaired) electrons. The Bertz CT molecular complexity index is 1090. The summed E-state index contributed by atoms with van der Waals surface area (Å²) in [5, 5.41) is 14.4. The zero-order valence-corrected chi connectivity index (χ0v) is 17.5. The van der Waals surface area contributed by atoms with Gasteiger partial charge in [-0.2, -0.15) is 0 Å². The van der Waals surface area contributed by atoms with E-state index in [9.17, 15) is 9.90 Å². The predicted octanol–water partition coefficient (Wildman–Crippen LogP) is 4.85. The van der Waals surface area contributed by atoms with Crippen molar-refractivity contribution in [2.45, 2.75) is 32.4 Å². The number of hydrogen-bond acceptors (Lipinski definition) is 3. The molecule has 5 nitrogen and oxygen atoms in total. The van der Waals surface area contributed by atoms with Crippen LogP contribution in [0.4, 0.5) is 0 Å². The Hall–Kier alpha value is -2.21. The van der Waals surface area contributed by atoms with Gasteiger partial charge < -0.3 is 15.4 Å². The first-order valence-electron chi connectivity index (χ1n) is 9.77. The van der Waals surface area contributed by atoms with Gasteiger partial charge in [-0.15, -0.1) is 12.4 Å². The van der Waals surface area contributed by atoms with Crippen LogP contribution in [0.1, 0.15) is 40.7 Å². The zero-order chi connectivity index (χ0) is 19.3. The van der Waals surface area contributed by atoms with Gasteiger partial charge in [-0.25, -0.2) is 0 Å². The van der Waals surface area contributed by atoms with Crippen molar-refractivity contribution in [3.63, 3.8) is 0 Å². The summed E-state index contributed by atoms with van der Waals surface area (Å²) < 4.78 is 0. The standard InChI is InChI=1S/C22H22ClN3O2.ClH/c23-21-16-11-24-22(28)20(16)15(10-19(21)27)18-9-14-8-13(4-5-17(14)25-18)12-26-6-2-1-3-7-26;/h4-5,8-10,25,27H,1-3,6-7,11-12H2,(H,24,28);1H. The minimum atomic E-state index is -0.156. The Morgan fingerprint density at radius 3 is 2.69 bits per heavy atom. The maximum Gasteiger partial charge on any atom is 0.252 e. The second-order valence-corrected chi connectivity index (χ2v) is 8.11. The molecule has 1 fully saturated rings. The lowest BCUT2D eigenvalue weighted by Gasteiger charge is -2.26. The number of nitrogens with one attached hydrogen (secondary N) is 2. The molecule has 2 aliphatic rings. The fraction of sp³-hybridized carbons (Fsp3) is 0.318. The van der Waals surface area contributed by atoms with Crippen LogP contribution >= 0.6 is 24.0 Å². The highest BCUT2D eigenvalue weighted by atomic mass is 35.5. The molecule has 1 saturated heterocycles. The van der Waals surface area contributed by atoms with E-state index in [1.54, 1.807) is 6.07 Å². The molecule has 0 saturated carbocycles. The Morgan fingerprint density at radius 1 is 1.10 bits per heavy atom. The molecule has 2 aromatic carbocycles. The maximum absolute atomic E-state index is 12.3. The molecule has 0 atom stereocenters. The van der Waals surface area contributed by atoms with Crippen molar-refractivity contribution in [2.75, 3.05) is 13.1 Å². The summed E-state index contributed by atoms with van der Waals surface area (Å²) in [6.07, 6.45) is 3.90. The number of phenolic OH excluding ortho intramolecular Hbond substituents is 1. The quantitative estimate of drug-likeness (QED) is 0.555. The monoisotopic (exact) mass is 431 g/mol. The van der Waals surface area contributed by atoms with Crippen LogP contribution in [0.2, 0.25) is 5.02 Å². The van der Waals surface area contributed by atoms with Gasteiger partial charge in [0, 0.05) is 40.8 Å². The molecule has 7 heteroatoms. The number of rotatable bonds is 3. The number of halogens is 2. The van der Waals surface area contributed by atoms with E-state index >= 15 is 0 Å². The number of aromatic hydroxyl groups is 1. The Kier molecular flexibility index (Phi) is 5.47. The third-order valence-corrected chi connectivity index (χ3v) is 6.25. The fourth-order valence-electron chi connectivity index (χ4n) is 4.40. The van der Waals surface area contributed by atoms with E-state index in [1.165, 1.54) is 37.9 Å². The summed E-state index contributed by atoms with van der Waals surface area (Å²) >= 11 is 6.20. The summed E-state index contributed by atoms with van der Waals surface area (Å²) in [4.78, 5) is 18.2. The van der Waals surface area contributed by atoms with Gasteiger partial charge in [0.25, 0.3) is 5.91 Å². The van der Waals surface area contributed by atoms with Crippen molar-refractivity contribution in [1.82, 2.24) is 15.2 Å². The van der Waals surface area contributed by atoms with Crippen molar-refractivity contribution >= 4 is 40.8 Å². The number of piperidine rings is 1. The number of nitrogens with zero attached hydrogens (tertiary/aromatic N) is 1. The first-order chi connectivity index (χ1) is 13.6. The van der Waals surface area contributed by atoms with Crippen LogP contribution in [-0.4, -0.2) is 34.0 Å². The molecule has 29 heavy (non-hydrogen) atoms. The topological polar surface area (TPSA) is 68.4 Å². The van der Waals surface area contributed by atoms with Crippen LogP contribution in [0.25, 0.3) is 22.2 Å². The number of fused-ring (bicyclic) bond motifs is 2. The fourth-order valence-corrected chi connectivity index (χ4v) is 4.61. The van der Waals surface area contributed by atoms with Crippen LogP contribution in [0.3, 0.4) is 0 Å². The average molecular weight is 432 g/mol. The van der Waals surface area contributed by atoms with E-state index < -0.39 is 0 Å². The molecule has 1 amide bonds. The first kappa shape index (κ1) is 20.1. The lowest BCUT2D eigenvalue weighted by Crippen LogP contribution is -2.28. The highest BCUT2D eigenvalue weighted by Crippen LogP contribution is 2.40. The van der Waals surface area contributed by atoms with E-state index in [-0.39, 0.29) is 29.1 Å². The summed E-state index contributed by atoms with van der Waals surface area (Å²) in [6, 6.07) is 10.1. The second-order valence-electron chi connectivity index (χ2n) is 7.73. The van der Waals surface area contributed by atoms with Gasteiger partial charge in [0.05, 0.1) is 10.6 Å². The van der Waals surface area contributed by atoms with Crippen molar-refractivity contribution in [2.24, 2.45) is 0 Å². The smallest absolute Gasteiger partial charge is 0.252 e. The van der Waals surface area contributed by atoms with Gasteiger partial charge in [0.1, 0.15) is 5.75 Å². The number of benzene rings is 2. The van der Waals surface area contributed by atoms with E-state index in [0.717, 1.165) is 23.1 Å². The summed E-state index contributed by atoms with van der Waals surface area (Å²) in [5.41, 5.74) is 5.00. The van der Waals surface area contributed by atoms with Gasteiger partial charge in [0.2, 0.25) is 0 Å². The number of aromatic amines is 1. The van der Waals surface area contributed by atoms with Gasteiger partial charge in [-0.1, -0.05) is 24.1 Å². The lowest BCUT2D eigenvalue weighted by atomic mass is 9.99. The number of carbonyl (C=O) groups excluding carboxylic acids is 1. The Balaban J connectivity index is 0.00000205. The number of aromatic nitrogens is 1. The first-order valence-corrected chi connectivity index (χ1v) is 10.1. The van der Waals surface area contributed by atoms with Crippen molar-refractivity contribution in [3.05, 3.63) is 52.0 Å². The third kappa shape index (κ3) is 3.59. The van der Waals surface area contributed by atoms with Crippen LogP contribution in [0, 0.1) is 0 Å². The Morgan fingerprint density at radius 2 is 1.90 bits per heavy atom. The zero-order valence-electron chi connectivity index (χ0n) is 15.9. The molecule has 1 aromatic heterocycles. The average Bonchev–Trinajstić information content (AvgIpc) is 3.29. The Labute approximate surface area is 180 Å². The largest absolute Gasteiger partial charge is 0.506 e. The summed E-state index contributed by atoms with van der Waals surface area (Å²) in [7, 11) is 0. The molecular formula is C22H23Cl2N3O2. The highest BCUT2D eigenvalue weighted by Gasteiger charge is 2.28. The minimum absolute atomic E-state index is 0. The summed E-state index contributed by atoms with van der Waals surface area (Å²) in [6.45, 7) is 3.65. The van der Waals surface area contributed by atoms with E-state index in [1.807, 2.05) is 6.07 Å². The minimum Gasteiger partial charge on any atom is -0.506 e. The van der Waals surface area contributed by atoms with Crippen LogP contribution in [0.15, 0.2) is 30.3 Å². The molecule has 5 rings (SSSR count). The number of amides is 1. The van der Waals surface area contributed by atoms with Crippen molar-refractivity contribution in [3.8, 4) is 17.0 Å². The van der Waals surface area contributed by atoms with Crippen molar-refractivity contribution < 1.29 is 9.90 Å². The van der Waals surface area contributed by atoms with Crippen LogP contribution in [-0.2, 0) is 13.1 Å². The number of carbonyl (C=O) groups is 1. The van der Waals surface area contributed by atoms with E-state index in [4.69, 9.17) is 11.6 Å². The number of likely N-dealkylation sites (tertiary alicyclic amines) is 1. The molecule has 0 bridgehead atoms. The number of hydrogen-bond donors (Lipinski definition) is 3. The molecular weight excluding hydrogens is 409 g/mol. The van der Waals surface area contributed by atoms with Crippen LogP contribution < -0.4 is 5.32 Å². The van der Waals surface area contributed by atoms with Gasteiger partial charge in [-0.05, 0) is 55.8 Å². The molecule has 0 unspecified atom stereocenters. The third-order valence-electron chi connectivity index (χ3n) is 5.82. The predicted molar refractivity (Wildman–Crippen MR) is 118 cm³/mol. The highest BCUT2D eigenvalue weighted by molar-refractivity contribution is 6.34. The van der Waals surface area contributed by atoms with Gasteiger partial charge in [0.15, 0.2) is 0 Å². The SMILES string of the molecule is Cl.O=C1NCc2c(Cl)c(O)cc(-c3cc4cc(CN5CCCCC5)ccc4[nH]3)c21. The van der Waals surface area contributed by atoms with Gasteiger partial charge >= 0.3 is 0 Å². The molecule has 3 aromatic rings. The molecule has 0 aliphatic carbocycles. The van der Waals surface area contributed by atoms with E-state index in [2.05, 4.69) is 33.4 Å². The van der Waals surface area contributed by atoms with E-state index in [0.29, 0.717) is 23.2 Å². The second kappa shape index (κ2) is 7.90. The maximum atomic E-state index is 12.3. The van der Waals surface area contributed by atoms with Crippen molar-refractivity contribution in [1.29, 1.82) is 0 Å². The molecule has 3 heterocycles. The molecule has 2 aliphatic heterocycles. The normalized spacial score (nSPS) is 16.5. The van der Waals surface area contributed by atoms with Crippen LogP contribution in [0.5, 0.6) is 5.75 Å². The number of H-pyrrole nitrogens is 1. The number of phenols is 1. The lowest BCUT2D eigenvalue weighted by molar-refractivity contribution is 0.0966. The molecule has 152 valence electrons. The summed E-state index contributed by atoms with van der Waals surface area (Å²) in [5.74, 6) is -0.160. The molecule has 0 spiro atoms. The molecule has 3 N–H and O–H groups in total. The van der Waals surface area contributed by atoms with Gasteiger partial charge in [-0.3, -0.25) is 9.69 Å².